The molecule has 0 aliphatic carbocycles. The molecule has 2 fully saturated rings. The molecule has 4 aromatic carbocycles. The van der Waals surface area contributed by atoms with Crippen LogP contribution in [-0.4, -0.2) is 33.6 Å². The first-order chi connectivity index (χ1) is 17.5. The van der Waals surface area contributed by atoms with E-state index < -0.39 is 0 Å². The predicted octanol–water partition coefficient (Wildman–Crippen LogP) is 7.15. The van der Waals surface area contributed by atoms with Gasteiger partial charge in [0.25, 0.3) is 0 Å². The van der Waals surface area contributed by atoms with Gasteiger partial charge >= 0.3 is 0 Å². The topological polar surface area (TPSA) is 34.9 Å². The van der Waals surface area contributed by atoms with Gasteiger partial charge in [-0.25, -0.2) is 0 Å². The Bertz CT molecular complexity index is 1830. The summed E-state index contributed by atoms with van der Waals surface area (Å²) >= 11 is 0. The van der Waals surface area contributed by atoms with E-state index in [1.807, 2.05) is 0 Å². The summed E-state index contributed by atoms with van der Waals surface area (Å²) in [6.45, 7) is 7.78. The van der Waals surface area contributed by atoms with Gasteiger partial charge in [-0.1, -0.05) is 60.7 Å². The van der Waals surface area contributed by atoms with Crippen molar-refractivity contribution in [1.29, 1.82) is 0 Å². The monoisotopic (exact) mass is 472 g/mol. The molecular weight excluding hydrogens is 444 g/mol. The smallest absolute Gasteiger partial charge is 0.107 e. The molecule has 2 saturated heterocycles. The maximum absolute atomic E-state index is 5.83. The zero-order valence-corrected chi connectivity index (χ0v) is 20.6. The summed E-state index contributed by atoms with van der Waals surface area (Å²) in [6, 6.07) is 31.2. The van der Waals surface area contributed by atoms with E-state index in [0.717, 1.165) is 26.3 Å². The van der Waals surface area contributed by atoms with Crippen molar-refractivity contribution in [2.24, 2.45) is 0 Å². The second kappa shape index (κ2) is 7.00. The Morgan fingerprint density at radius 1 is 0.611 bits per heavy atom. The van der Waals surface area contributed by atoms with Crippen LogP contribution in [0.15, 0.2) is 84.9 Å². The van der Waals surface area contributed by atoms with Gasteiger partial charge in [-0.05, 0) is 43.7 Å². The number of hydrogen-bond acceptors (Lipinski definition) is 2. The molecule has 6 aromatic rings. The van der Waals surface area contributed by atoms with E-state index in [1.54, 1.807) is 0 Å². The normalized spacial score (nSPS) is 23.3. The number of aromatic nitrogens is 2. The van der Waals surface area contributed by atoms with Gasteiger partial charge in [0.2, 0.25) is 0 Å². The van der Waals surface area contributed by atoms with Gasteiger partial charge in [0.05, 0.1) is 31.8 Å². The van der Waals surface area contributed by atoms with Crippen LogP contribution in [0.5, 0.6) is 0 Å². The van der Waals surface area contributed by atoms with E-state index in [9.17, 15) is 0 Å². The van der Waals surface area contributed by atoms with Gasteiger partial charge in [0, 0.05) is 43.7 Å². The van der Waals surface area contributed by atoms with E-state index in [0.29, 0.717) is 0 Å². The number of ether oxygens (including phenoxy) is 2. The summed E-state index contributed by atoms with van der Waals surface area (Å²) in [4.78, 5) is 0. The zero-order chi connectivity index (χ0) is 24.1. The number of hydrogen-bond donors (Lipinski definition) is 0. The van der Waals surface area contributed by atoms with E-state index >= 15 is 0 Å². The largest absolute Gasteiger partial charge is 0.368 e. The van der Waals surface area contributed by atoms with Crippen molar-refractivity contribution in [3.05, 3.63) is 84.9 Å². The van der Waals surface area contributed by atoms with Crippen LogP contribution in [0.4, 0.5) is 0 Å². The van der Waals surface area contributed by atoms with Gasteiger partial charge in [-0.3, -0.25) is 0 Å². The molecule has 4 nitrogen and oxygen atoms in total. The molecule has 2 unspecified atom stereocenters. The Hall–Kier alpha value is -3.60. The second-order valence-corrected chi connectivity index (χ2v) is 11.1. The average Bonchev–Trinajstić information content (AvgIpc) is 3.78. The lowest BCUT2D eigenvalue weighted by Gasteiger charge is -2.14. The van der Waals surface area contributed by atoms with E-state index in [1.165, 1.54) is 54.7 Å². The molecule has 36 heavy (non-hydrogen) atoms. The fourth-order valence-electron chi connectivity index (χ4n) is 6.00. The molecular formula is C32H28N2O2. The molecule has 0 N–H and O–H groups in total. The molecule has 4 heteroatoms. The van der Waals surface area contributed by atoms with E-state index in [4.69, 9.17) is 9.47 Å². The van der Waals surface area contributed by atoms with Crippen LogP contribution in [0.3, 0.4) is 0 Å². The van der Waals surface area contributed by atoms with Crippen LogP contribution in [0.2, 0.25) is 0 Å². The van der Waals surface area contributed by atoms with Gasteiger partial charge in [-0.2, -0.15) is 0 Å². The maximum atomic E-state index is 5.83. The third-order valence-electron chi connectivity index (χ3n) is 8.13. The molecule has 0 saturated carbocycles. The molecule has 0 bridgehead atoms. The standard InChI is InChI=1S/C32H28N2O2/c1-31(19-35-31)17-33-27-12-5-4-9-24(27)26-16-21(14-15-29(26)33)22-10-7-11-25-23-8-3-6-13-28(23)34(30(22)25)18-32(2)20-36-32/h3-16H,17-20H2,1-2H3. The number of fused-ring (bicyclic) bond motifs is 6. The second-order valence-electron chi connectivity index (χ2n) is 11.1. The van der Waals surface area contributed by atoms with Crippen molar-refractivity contribution in [1.82, 2.24) is 9.13 Å². The van der Waals surface area contributed by atoms with Crippen LogP contribution >= 0.6 is 0 Å². The van der Waals surface area contributed by atoms with Crippen LogP contribution in [0.25, 0.3) is 54.7 Å². The number of para-hydroxylation sites is 3. The molecule has 0 spiro atoms. The molecule has 4 heterocycles. The molecule has 8 rings (SSSR count). The lowest BCUT2D eigenvalue weighted by Crippen LogP contribution is -2.15. The van der Waals surface area contributed by atoms with Crippen LogP contribution in [-0.2, 0) is 22.6 Å². The van der Waals surface area contributed by atoms with Gasteiger partial charge in [-0.15, -0.1) is 0 Å². The van der Waals surface area contributed by atoms with Crippen molar-refractivity contribution in [2.75, 3.05) is 13.2 Å². The van der Waals surface area contributed by atoms with Crippen LogP contribution < -0.4 is 0 Å². The molecule has 2 aliphatic rings. The summed E-state index contributed by atoms with van der Waals surface area (Å²) in [5, 5.41) is 5.19. The lowest BCUT2D eigenvalue weighted by atomic mass is 9.99. The van der Waals surface area contributed by atoms with Gasteiger partial charge in [0.1, 0.15) is 11.2 Å². The highest BCUT2D eigenvalue weighted by Gasteiger charge is 2.41. The van der Waals surface area contributed by atoms with Crippen molar-refractivity contribution < 1.29 is 9.47 Å². The fraction of sp³-hybridized carbons (Fsp3) is 0.250. The number of rotatable bonds is 5. The first kappa shape index (κ1) is 20.6. The van der Waals surface area contributed by atoms with Crippen molar-refractivity contribution in [3.8, 4) is 11.1 Å². The molecule has 0 radical (unpaired) electrons. The molecule has 2 atom stereocenters. The molecule has 2 aliphatic heterocycles. The number of benzene rings is 4. The minimum absolute atomic E-state index is 0.0546. The Morgan fingerprint density at radius 2 is 1.17 bits per heavy atom. The highest BCUT2D eigenvalue weighted by atomic mass is 16.6. The van der Waals surface area contributed by atoms with Crippen molar-refractivity contribution >= 4 is 43.6 Å². The number of epoxide rings is 2. The van der Waals surface area contributed by atoms with Crippen LogP contribution in [0, 0.1) is 0 Å². The summed E-state index contributed by atoms with van der Waals surface area (Å²) in [7, 11) is 0. The Balaban J connectivity index is 1.39. The predicted molar refractivity (Wildman–Crippen MR) is 147 cm³/mol. The maximum Gasteiger partial charge on any atom is 0.107 e. The number of nitrogens with zero attached hydrogens (tertiary/aromatic N) is 2. The summed E-state index contributed by atoms with van der Waals surface area (Å²) < 4.78 is 16.5. The summed E-state index contributed by atoms with van der Waals surface area (Å²) in [5.41, 5.74) is 7.47. The molecule has 2 aromatic heterocycles. The van der Waals surface area contributed by atoms with E-state index in [2.05, 4.69) is 108 Å². The third-order valence-corrected chi connectivity index (χ3v) is 8.13. The molecule has 178 valence electrons. The Labute approximate surface area is 209 Å². The first-order valence-corrected chi connectivity index (χ1v) is 12.8. The zero-order valence-electron chi connectivity index (χ0n) is 20.6. The first-order valence-electron chi connectivity index (χ1n) is 12.8. The Kier molecular flexibility index (Phi) is 4.00. The highest BCUT2D eigenvalue weighted by Crippen LogP contribution is 2.41. The lowest BCUT2D eigenvalue weighted by molar-refractivity contribution is 0.298. The van der Waals surface area contributed by atoms with Crippen molar-refractivity contribution in [3.63, 3.8) is 0 Å². The minimum atomic E-state index is -0.0831. The Morgan fingerprint density at radius 3 is 1.86 bits per heavy atom. The molecule has 0 amide bonds. The summed E-state index contributed by atoms with van der Waals surface area (Å²) in [5.74, 6) is 0. The average molecular weight is 473 g/mol. The summed E-state index contributed by atoms with van der Waals surface area (Å²) in [6.07, 6.45) is 0. The van der Waals surface area contributed by atoms with Crippen molar-refractivity contribution in [2.45, 2.75) is 38.1 Å². The highest BCUT2D eigenvalue weighted by molar-refractivity contribution is 6.14. The SMILES string of the molecule is CC1(Cn2c3ccccc3c3cc(-c4cccc5c6ccccc6n(CC6(C)CO6)c45)ccc32)CO1. The van der Waals surface area contributed by atoms with Crippen LogP contribution in [0.1, 0.15) is 13.8 Å². The minimum Gasteiger partial charge on any atom is -0.368 e. The van der Waals surface area contributed by atoms with Gasteiger partial charge in [0.15, 0.2) is 0 Å². The van der Waals surface area contributed by atoms with Gasteiger partial charge < -0.3 is 18.6 Å². The quantitative estimate of drug-likeness (QED) is 0.250. The third kappa shape index (κ3) is 3.01. The fourth-order valence-corrected chi connectivity index (χ4v) is 6.00. The van der Waals surface area contributed by atoms with E-state index in [-0.39, 0.29) is 11.2 Å².